The van der Waals surface area contributed by atoms with Crippen molar-refractivity contribution in [3.8, 4) is 0 Å². The summed E-state index contributed by atoms with van der Waals surface area (Å²) in [6, 6.07) is 0. The maximum atomic E-state index is 11.3. The van der Waals surface area contributed by atoms with Gasteiger partial charge in [0.2, 0.25) is 5.91 Å². The lowest BCUT2D eigenvalue weighted by molar-refractivity contribution is -0.114. The Kier molecular flexibility index (Phi) is 4.90. The predicted molar refractivity (Wildman–Crippen MR) is 84.8 cm³/mol. The number of nitrogens with one attached hydrogen (secondary N) is 2. The number of hydrogen-bond donors (Lipinski definition) is 2. The zero-order valence-electron chi connectivity index (χ0n) is 13.1. The number of carbonyl (C=O) groups excluding carboxylic acids is 1. The Balaban J connectivity index is 1.64. The summed E-state index contributed by atoms with van der Waals surface area (Å²) in [5.74, 6) is 0.336. The lowest BCUT2D eigenvalue weighted by atomic mass is 9.93. The van der Waals surface area contributed by atoms with Crippen LogP contribution in [0.2, 0.25) is 0 Å². The Bertz CT molecular complexity index is 552. The van der Waals surface area contributed by atoms with Gasteiger partial charge in [-0.05, 0) is 31.4 Å². The molecule has 1 saturated heterocycles. The van der Waals surface area contributed by atoms with Crippen LogP contribution in [0.3, 0.4) is 0 Å². The molecule has 1 fully saturated rings. The molecule has 2 N–H and O–H groups in total. The van der Waals surface area contributed by atoms with E-state index in [4.69, 9.17) is 4.74 Å². The SMILES string of the molecule is CC(=O)Nc1cn[nH]c1C1CCCN(CC2=CCCOC2)C1. The van der Waals surface area contributed by atoms with Crippen LogP contribution in [-0.4, -0.2) is 53.9 Å². The topological polar surface area (TPSA) is 70.2 Å². The lowest BCUT2D eigenvalue weighted by Gasteiger charge is -2.33. The minimum atomic E-state index is -0.0557. The number of aromatic nitrogens is 2. The van der Waals surface area contributed by atoms with Gasteiger partial charge in [0, 0.05) is 25.9 Å². The van der Waals surface area contributed by atoms with Crippen LogP contribution in [0.4, 0.5) is 5.69 Å². The summed E-state index contributed by atoms with van der Waals surface area (Å²) in [4.78, 5) is 13.8. The van der Waals surface area contributed by atoms with Crippen molar-refractivity contribution >= 4 is 11.6 Å². The normalized spacial score (nSPS) is 23.1. The molecule has 3 rings (SSSR count). The van der Waals surface area contributed by atoms with E-state index in [0.29, 0.717) is 5.92 Å². The van der Waals surface area contributed by atoms with Gasteiger partial charge in [0.1, 0.15) is 0 Å². The van der Waals surface area contributed by atoms with Crippen molar-refractivity contribution in [3.05, 3.63) is 23.5 Å². The number of nitrogens with zero attached hydrogens (tertiary/aromatic N) is 2. The van der Waals surface area contributed by atoms with Crippen molar-refractivity contribution < 1.29 is 9.53 Å². The van der Waals surface area contributed by atoms with Crippen molar-refractivity contribution in [1.29, 1.82) is 0 Å². The largest absolute Gasteiger partial charge is 0.377 e. The summed E-state index contributed by atoms with van der Waals surface area (Å²) in [6.45, 7) is 6.24. The van der Waals surface area contributed by atoms with Crippen molar-refractivity contribution in [1.82, 2.24) is 15.1 Å². The first-order valence-corrected chi connectivity index (χ1v) is 8.01. The molecule has 6 nitrogen and oxygen atoms in total. The van der Waals surface area contributed by atoms with E-state index in [1.54, 1.807) is 6.20 Å². The molecule has 3 heterocycles. The van der Waals surface area contributed by atoms with Gasteiger partial charge in [-0.25, -0.2) is 0 Å². The van der Waals surface area contributed by atoms with Gasteiger partial charge in [0.25, 0.3) is 0 Å². The first kappa shape index (κ1) is 15.2. The zero-order chi connectivity index (χ0) is 15.4. The molecule has 0 bridgehead atoms. The van der Waals surface area contributed by atoms with E-state index in [2.05, 4.69) is 26.5 Å². The Morgan fingerprint density at radius 2 is 2.50 bits per heavy atom. The standard InChI is InChI=1S/C16H24N4O2/c1-12(21)18-15-8-17-19-16(15)14-5-2-6-20(10-14)9-13-4-3-7-22-11-13/h4,8,14H,2-3,5-7,9-11H2,1H3,(H,17,19)(H,18,21). The number of carbonyl (C=O) groups is 1. The fourth-order valence-corrected chi connectivity index (χ4v) is 3.34. The first-order valence-electron chi connectivity index (χ1n) is 8.01. The average Bonchev–Trinajstić information content (AvgIpc) is 2.96. The van der Waals surface area contributed by atoms with Crippen LogP contribution in [0.15, 0.2) is 17.8 Å². The van der Waals surface area contributed by atoms with E-state index >= 15 is 0 Å². The van der Waals surface area contributed by atoms with Gasteiger partial charge in [-0.15, -0.1) is 0 Å². The summed E-state index contributed by atoms with van der Waals surface area (Å²) < 4.78 is 5.53. The van der Waals surface area contributed by atoms with E-state index in [0.717, 1.165) is 63.5 Å². The highest BCUT2D eigenvalue weighted by Gasteiger charge is 2.25. The van der Waals surface area contributed by atoms with Crippen LogP contribution in [-0.2, 0) is 9.53 Å². The molecule has 0 spiro atoms. The molecule has 0 saturated carbocycles. The summed E-state index contributed by atoms with van der Waals surface area (Å²) >= 11 is 0. The fourth-order valence-electron chi connectivity index (χ4n) is 3.34. The Morgan fingerprint density at radius 1 is 1.59 bits per heavy atom. The van der Waals surface area contributed by atoms with Gasteiger partial charge in [-0.1, -0.05) is 6.08 Å². The maximum Gasteiger partial charge on any atom is 0.221 e. The zero-order valence-corrected chi connectivity index (χ0v) is 13.1. The monoisotopic (exact) mass is 304 g/mol. The molecule has 1 amide bonds. The molecule has 1 atom stereocenters. The number of hydrogen-bond acceptors (Lipinski definition) is 4. The van der Waals surface area contributed by atoms with Crippen LogP contribution in [0.25, 0.3) is 0 Å². The number of amides is 1. The van der Waals surface area contributed by atoms with Gasteiger partial charge >= 0.3 is 0 Å². The highest BCUT2D eigenvalue weighted by molar-refractivity contribution is 5.89. The van der Waals surface area contributed by atoms with E-state index in [9.17, 15) is 4.79 Å². The van der Waals surface area contributed by atoms with Crippen LogP contribution in [0.1, 0.15) is 37.8 Å². The maximum absolute atomic E-state index is 11.3. The molecule has 22 heavy (non-hydrogen) atoms. The van der Waals surface area contributed by atoms with E-state index < -0.39 is 0 Å². The van der Waals surface area contributed by atoms with Crippen LogP contribution in [0, 0.1) is 0 Å². The van der Waals surface area contributed by atoms with Crippen LogP contribution >= 0.6 is 0 Å². The van der Waals surface area contributed by atoms with Gasteiger partial charge in [0.05, 0.1) is 30.8 Å². The number of rotatable bonds is 4. The third kappa shape index (κ3) is 3.75. The van der Waals surface area contributed by atoms with Gasteiger partial charge in [-0.3, -0.25) is 14.8 Å². The molecule has 120 valence electrons. The highest BCUT2D eigenvalue weighted by atomic mass is 16.5. The van der Waals surface area contributed by atoms with Crippen molar-refractivity contribution in [3.63, 3.8) is 0 Å². The second-order valence-corrected chi connectivity index (χ2v) is 6.16. The highest BCUT2D eigenvalue weighted by Crippen LogP contribution is 2.30. The molecule has 0 aromatic carbocycles. The molecule has 1 unspecified atom stereocenters. The second-order valence-electron chi connectivity index (χ2n) is 6.16. The Labute approximate surface area is 130 Å². The summed E-state index contributed by atoms with van der Waals surface area (Å²) in [5.41, 5.74) is 3.26. The number of likely N-dealkylation sites (tertiary alicyclic amines) is 1. The lowest BCUT2D eigenvalue weighted by Crippen LogP contribution is -2.37. The number of piperidine rings is 1. The number of aromatic amines is 1. The summed E-state index contributed by atoms with van der Waals surface area (Å²) in [5, 5.41) is 10.0. The molecular formula is C16H24N4O2. The van der Waals surface area contributed by atoms with Gasteiger partial charge < -0.3 is 10.1 Å². The van der Waals surface area contributed by atoms with Gasteiger partial charge in [-0.2, -0.15) is 5.10 Å². The third-order valence-corrected chi connectivity index (χ3v) is 4.30. The quantitative estimate of drug-likeness (QED) is 0.834. The average molecular weight is 304 g/mol. The smallest absolute Gasteiger partial charge is 0.221 e. The number of anilines is 1. The van der Waals surface area contributed by atoms with Crippen molar-refractivity contribution in [2.75, 3.05) is 38.2 Å². The minimum absolute atomic E-state index is 0.0557. The first-order chi connectivity index (χ1) is 10.7. The third-order valence-electron chi connectivity index (χ3n) is 4.30. The molecule has 6 heteroatoms. The second kappa shape index (κ2) is 7.07. The van der Waals surface area contributed by atoms with Crippen LogP contribution in [0.5, 0.6) is 0 Å². The number of ether oxygens (including phenoxy) is 1. The summed E-state index contributed by atoms with van der Waals surface area (Å²) in [6.07, 6.45) is 7.33. The Morgan fingerprint density at radius 3 is 3.27 bits per heavy atom. The van der Waals surface area contributed by atoms with E-state index in [-0.39, 0.29) is 5.91 Å². The molecular weight excluding hydrogens is 280 g/mol. The molecule has 2 aliphatic rings. The van der Waals surface area contributed by atoms with E-state index in [1.807, 2.05) is 0 Å². The van der Waals surface area contributed by atoms with Crippen molar-refractivity contribution in [2.24, 2.45) is 0 Å². The summed E-state index contributed by atoms with van der Waals surface area (Å²) in [7, 11) is 0. The number of H-pyrrole nitrogens is 1. The molecule has 1 aromatic heterocycles. The minimum Gasteiger partial charge on any atom is -0.377 e. The molecule has 0 aliphatic carbocycles. The molecule has 1 aromatic rings. The Hall–Kier alpha value is -1.66. The predicted octanol–water partition coefficient (Wildman–Crippen LogP) is 1.89. The van der Waals surface area contributed by atoms with E-state index in [1.165, 1.54) is 12.5 Å². The molecule has 2 aliphatic heterocycles. The molecule has 0 radical (unpaired) electrons. The fraction of sp³-hybridized carbons (Fsp3) is 0.625. The van der Waals surface area contributed by atoms with Crippen LogP contribution < -0.4 is 5.32 Å². The van der Waals surface area contributed by atoms with Crippen molar-refractivity contribution in [2.45, 2.75) is 32.1 Å². The van der Waals surface area contributed by atoms with Gasteiger partial charge in [0.15, 0.2) is 0 Å².